The average Bonchev–Trinajstić information content (AvgIpc) is 2.70. The van der Waals surface area contributed by atoms with Crippen molar-refractivity contribution in [3.8, 4) is 0 Å². The zero-order valence-electron chi connectivity index (χ0n) is 7.83. The molecule has 3 nitrogen and oxygen atoms in total. The summed E-state index contributed by atoms with van der Waals surface area (Å²) in [6, 6.07) is 10.5. The second-order valence-corrected chi connectivity index (χ2v) is 3.48. The zero-order chi connectivity index (χ0) is 10.7. The molecule has 2 N–H and O–H groups in total. The van der Waals surface area contributed by atoms with Crippen LogP contribution in [0.15, 0.2) is 42.6 Å². The van der Waals surface area contributed by atoms with Gasteiger partial charge in [-0.1, -0.05) is 17.7 Å². The van der Waals surface area contributed by atoms with E-state index >= 15 is 0 Å². The summed E-state index contributed by atoms with van der Waals surface area (Å²) in [6.07, 6.45) is 1.70. The fourth-order valence-corrected chi connectivity index (χ4v) is 1.43. The van der Waals surface area contributed by atoms with Crippen molar-refractivity contribution in [2.75, 3.05) is 5.32 Å². The quantitative estimate of drug-likeness (QED) is 0.803. The first kappa shape index (κ1) is 9.80. The largest absolute Gasteiger partial charge is 0.357 e. The SMILES string of the molecule is O=C(Nc1cccc(Cl)c1)c1ccc[nH]1. The number of aromatic nitrogens is 1. The molecule has 0 radical (unpaired) electrons. The summed E-state index contributed by atoms with van der Waals surface area (Å²) in [5, 5.41) is 3.33. The number of hydrogen-bond acceptors (Lipinski definition) is 1. The van der Waals surface area contributed by atoms with E-state index in [1.807, 2.05) is 0 Å². The third kappa shape index (κ3) is 2.39. The Hall–Kier alpha value is -1.74. The van der Waals surface area contributed by atoms with E-state index in [1.54, 1.807) is 42.6 Å². The minimum Gasteiger partial charge on any atom is -0.357 e. The van der Waals surface area contributed by atoms with Crippen molar-refractivity contribution in [1.82, 2.24) is 4.98 Å². The summed E-state index contributed by atoms with van der Waals surface area (Å²) in [5.74, 6) is -0.178. The van der Waals surface area contributed by atoms with Crippen molar-refractivity contribution in [3.05, 3.63) is 53.3 Å². The number of nitrogens with one attached hydrogen (secondary N) is 2. The van der Waals surface area contributed by atoms with E-state index in [2.05, 4.69) is 10.3 Å². The van der Waals surface area contributed by atoms with Crippen molar-refractivity contribution in [3.63, 3.8) is 0 Å². The fourth-order valence-electron chi connectivity index (χ4n) is 1.24. The number of benzene rings is 1. The Morgan fingerprint density at radius 1 is 1.27 bits per heavy atom. The highest BCUT2D eigenvalue weighted by atomic mass is 35.5. The molecule has 0 fully saturated rings. The number of H-pyrrole nitrogens is 1. The second kappa shape index (κ2) is 4.19. The van der Waals surface area contributed by atoms with Gasteiger partial charge in [0.05, 0.1) is 0 Å². The Morgan fingerprint density at radius 3 is 2.80 bits per heavy atom. The molecule has 2 rings (SSSR count). The van der Waals surface area contributed by atoms with Crippen molar-refractivity contribution in [1.29, 1.82) is 0 Å². The monoisotopic (exact) mass is 220 g/mol. The van der Waals surface area contributed by atoms with Crippen LogP contribution < -0.4 is 5.32 Å². The molecule has 0 aliphatic carbocycles. The third-order valence-electron chi connectivity index (χ3n) is 1.93. The molecule has 1 heterocycles. The molecule has 15 heavy (non-hydrogen) atoms. The Kier molecular flexibility index (Phi) is 2.74. The molecule has 0 unspecified atom stereocenters. The van der Waals surface area contributed by atoms with E-state index < -0.39 is 0 Å². The van der Waals surface area contributed by atoms with Crippen LogP contribution in [0, 0.1) is 0 Å². The van der Waals surface area contributed by atoms with Crippen LogP contribution in [-0.4, -0.2) is 10.9 Å². The maximum atomic E-state index is 11.6. The van der Waals surface area contributed by atoms with Crippen molar-refractivity contribution in [2.45, 2.75) is 0 Å². The number of carbonyl (C=O) groups excluding carboxylic acids is 1. The van der Waals surface area contributed by atoms with Gasteiger partial charge in [0.25, 0.3) is 5.91 Å². The van der Waals surface area contributed by atoms with Gasteiger partial charge in [0, 0.05) is 16.9 Å². The summed E-state index contributed by atoms with van der Waals surface area (Å²) < 4.78 is 0. The Bertz CT molecular complexity index is 465. The van der Waals surface area contributed by atoms with Gasteiger partial charge in [-0.3, -0.25) is 4.79 Å². The van der Waals surface area contributed by atoms with Crippen LogP contribution in [0.5, 0.6) is 0 Å². The fraction of sp³-hybridized carbons (Fsp3) is 0. The van der Waals surface area contributed by atoms with E-state index in [1.165, 1.54) is 0 Å². The van der Waals surface area contributed by atoms with Crippen LogP contribution in [-0.2, 0) is 0 Å². The van der Waals surface area contributed by atoms with Crippen LogP contribution in [0.3, 0.4) is 0 Å². The molecule has 76 valence electrons. The first-order valence-corrected chi connectivity index (χ1v) is 4.84. The molecule has 0 spiro atoms. The zero-order valence-corrected chi connectivity index (χ0v) is 8.58. The number of anilines is 1. The lowest BCUT2D eigenvalue weighted by Gasteiger charge is -2.03. The van der Waals surface area contributed by atoms with Gasteiger partial charge in [-0.25, -0.2) is 0 Å². The second-order valence-electron chi connectivity index (χ2n) is 3.05. The average molecular weight is 221 g/mol. The standard InChI is InChI=1S/C11H9ClN2O/c12-8-3-1-4-9(7-8)14-11(15)10-5-2-6-13-10/h1-7,13H,(H,14,15). The van der Waals surface area contributed by atoms with E-state index in [0.717, 1.165) is 0 Å². The highest BCUT2D eigenvalue weighted by molar-refractivity contribution is 6.30. The van der Waals surface area contributed by atoms with Crippen LogP contribution in [0.25, 0.3) is 0 Å². The normalized spacial score (nSPS) is 9.93. The van der Waals surface area contributed by atoms with Crippen molar-refractivity contribution >= 4 is 23.2 Å². The van der Waals surface area contributed by atoms with Crippen LogP contribution in [0.4, 0.5) is 5.69 Å². The van der Waals surface area contributed by atoms with E-state index in [0.29, 0.717) is 16.4 Å². The molecule has 2 aromatic rings. The maximum absolute atomic E-state index is 11.6. The summed E-state index contributed by atoms with van der Waals surface area (Å²) in [4.78, 5) is 14.4. The molecule has 1 aromatic heterocycles. The summed E-state index contributed by atoms with van der Waals surface area (Å²) >= 11 is 5.79. The summed E-state index contributed by atoms with van der Waals surface area (Å²) in [7, 11) is 0. The van der Waals surface area contributed by atoms with Gasteiger partial charge in [-0.2, -0.15) is 0 Å². The smallest absolute Gasteiger partial charge is 0.272 e. The third-order valence-corrected chi connectivity index (χ3v) is 2.16. The molecule has 0 bridgehead atoms. The van der Waals surface area contributed by atoms with Gasteiger partial charge in [-0.05, 0) is 30.3 Å². The molecule has 4 heteroatoms. The topological polar surface area (TPSA) is 44.9 Å². The number of hydrogen-bond donors (Lipinski definition) is 2. The highest BCUT2D eigenvalue weighted by Crippen LogP contribution is 2.15. The molecule has 1 aromatic carbocycles. The Labute approximate surface area is 92.1 Å². The van der Waals surface area contributed by atoms with E-state index in [4.69, 9.17) is 11.6 Å². The number of rotatable bonds is 2. The first-order chi connectivity index (χ1) is 7.25. The summed E-state index contributed by atoms with van der Waals surface area (Å²) in [5.41, 5.74) is 1.21. The molecular weight excluding hydrogens is 212 g/mol. The van der Waals surface area contributed by atoms with Crippen molar-refractivity contribution in [2.24, 2.45) is 0 Å². The first-order valence-electron chi connectivity index (χ1n) is 4.46. The molecule has 1 amide bonds. The molecule has 0 saturated carbocycles. The van der Waals surface area contributed by atoms with Crippen LogP contribution in [0.1, 0.15) is 10.5 Å². The lowest BCUT2D eigenvalue weighted by atomic mass is 10.3. The predicted octanol–water partition coefficient (Wildman–Crippen LogP) is 2.92. The molecule has 0 saturated heterocycles. The molecule has 0 aliphatic heterocycles. The van der Waals surface area contributed by atoms with Gasteiger partial charge >= 0.3 is 0 Å². The highest BCUT2D eigenvalue weighted by Gasteiger charge is 2.05. The molecule has 0 atom stereocenters. The predicted molar refractivity (Wildman–Crippen MR) is 60.2 cm³/mol. The van der Waals surface area contributed by atoms with Gasteiger partial charge < -0.3 is 10.3 Å². The Balaban J connectivity index is 2.13. The van der Waals surface area contributed by atoms with Gasteiger partial charge in [0.1, 0.15) is 5.69 Å². The van der Waals surface area contributed by atoms with Gasteiger partial charge in [0.2, 0.25) is 0 Å². The minimum absolute atomic E-state index is 0.178. The number of halogens is 1. The molecular formula is C11H9ClN2O. The van der Waals surface area contributed by atoms with E-state index in [9.17, 15) is 4.79 Å². The Morgan fingerprint density at radius 2 is 2.13 bits per heavy atom. The number of aromatic amines is 1. The lowest BCUT2D eigenvalue weighted by molar-refractivity contribution is 0.102. The lowest BCUT2D eigenvalue weighted by Crippen LogP contribution is -2.11. The van der Waals surface area contributed by atoms with Crippen LogP contribution in [0.2, 0.25) is 5.02 Å². The van der Waals surface area contributed by atoms with Gasteiger partial charge in [0.15, 0.2) is 0 Å². The number of amides is 1. The van der Waals surface area contributed by atoms with E-state index in [-0.39, 0.29) is 5.91 Å². The van der Waals surface area contributed by atoms with Gasteiger partial charge in [-0.15, -0.1) is 0 Å². The molecule has 0 aliphatic rings. The van der Waals surface area contributed by atoms with Crippen LogP contribution >= 0.6 is 11.6 Å². The minimum atomic E-state index is -0.178. The summed E-state index contributed by atoms with van der Waals surface area (Å²) in [6.45, 7) is 0. The maximum Gasteiger partial charge on any atom is 0.272 e. The number of carbonyl (C=O) groups is 1. The van der Waals surface area contributed by atoms with Crippen molar-refractivity contribution < 1.29 is 4.79 Å².